The number of rotatable bonds is 5. The molecule has 1 aromatic heterocycles. The first-order valence-electron chi connectivity index (χ1n) is 8.33. The van der Waals surface area contributed by atoms with Gasteiger partial charge in [-0.2, -0.15) is 0 Å². The van der Waals surface area contributed by atoms with Gasteiger partial charge in [-0.15, -0.1) is 0 Å². The van der Waals surface area contributed by atoms with E-state index >= 15 is 0 Å². The molecule has 0 aliphatic carbocycles. The fourth-order valence-corrected chi connectivity index (χ4v) is 3.30. The highest BCUT2D eigenvalue weighted by atomic mass is 16.5. The topological polar surface area (TPSA) is 74.7 Å². The minimum absolute atomic E-state index is 0.536. The molecule has 1 fully saturated rings. The summed E-state index contributed by atoms with van der Waals surface area (Å²) in [5.41, 5.74) is 0.944. The first kappa shape index (κ1) is 16.4. The Morgan fingerprint density at radius 2 is 2.12 bits per heavy atom. The minimum atomic E-state index is -0.941. The fourth-order valence-electron chi connectivity index (χ4n) is 3.30. The maximum atomic E-state index is 10.5. The van der Waals surface area contributed by atoms with Crippen molar-refractivity contribution in [3.05, 3.63) is 30.3 Å². The number of pyridine rings is 1. The second kappa shape index (κ2) is 7.38. The number of nitrogens with one attached hydrogen (secondary N) is 1. The molecule has 1 aliphatic rings. The van der Waals surface area contributed by atoms with Crippen LogP contribution in [0, 0.1) is 5.92 Å². The molecule has 0 unspecified atom stereocenters. The van der Waals surface area contributed by atoms with Gasteiger partial charge in [0.2, 0.25) is 0 Å². The van der Waals surface area contributed by atoms with E-state index in [1.807, 2.05) is 18.2 Å². The maximum absolute atomic E-state index is 10.5. The van der Waals surface area contributed by atoms with E-state index < -0.39 is 6.09 Å². The van der Waals surface area contributed by atoms with Crippen LogP contribution in [-0.2, 0) is 0 Å². The van der Waals surface area contributed by atoms with Gasteiger partial charge in [0.15, 0.2) is 0 Å². The van der Waals surface area contributed by atoms with E-state index in [9.17, 15) is 4.79 Å². The number of aromatic nitrogens is 1. The smallest absolute Gasteiger partial charge is 0.404 e. The molecule has 0 radical (unpaired) electrons. The van der Waals surface area contributed by atoms with Gasteiger partial charge in [-0.1, -0.05) is 6.07 Å². The van der Waals surface area contributed by atoms with Gasteiger partial charge < -0.3 is 20.1 Å². The van der Waals surface area contributed by atoms with Crippen LogP contribution in [-0.4, -0.2) is 42.9 Å². The summed E-state index contributed by atoms with van der Waals surface area (Å²) >= 11 is 0. The second-order valence-corrected chi connectivity index (χ2v) is 6.15. The zero-order valence-corrected chi connectivity index (χ0v) is 13.9. The third kappa shape index (κ3) is 3.69. The third-order valence-corrected chi connectivity index (χ3v) is 4.66. The molecule has 128 valence electrons. The van der Waals surface area contributed by atoms with Crippen molar-refractivity contribution >= 4 is 22.8 Å². The Kier molecular flexibility index (Phi) is 5.03. The van der Waals surface area contributed by atoms with Crippen LogP contribution in [0.1, 0.15) is 19.3 Å². The molecular weight excluding hydrogens is 306 g/mol. The van der Waals surface area contributed by atoms with Crippen molar-refractivity contribution in [2.45, 2.75) is 19.3 Å². The Morgan fingerprint density at radius 1 is 1.33 bits per heavy atom. The standard InChI is InChI=1S/C18H23N3O3/c1-24-16-4-2-3-15-14(16)5-6-17(20-15)21-11-8-13(9-12-21)7-10-19-18(22)23/h2-6,13,19H,7-12H2,1H3,(H,22,23). The van der Waals surface area contributed by atoms with Gasteiger partial charge in [0, 0.05) is 25.0 Å². The average molecular weight is 329 g/mol. The van der Waals surface area contributed by atoms with Crippen LogP contribution in [0.5, 0.6) is 5.75 Å². The van der Waals surface area contributed by atoms with Crippen LogP contribution in [0.25, 0.3) is 10.9 Å². The van der Waals surface area contributed by atoms with E-state index in [-0.39, 0.29) is 0 Å². The van der Waals surface area contributed by atoms with Crippen molar-refractivity contribution in [1.82, 2.24) is 10.3 Å². The largest absolute Gasteiger partial charge is 0.496 e. The lowest BCUT2D eigenvalue weighted by molar-refractivity contribution is 0.193. The van der Waals surface area contributed by atoms with Gasteiger partial charge >= 0.3 is 6.09 Å². The first-order chi connectivity index (χ1) is 11.7. The number of benzene rings is 1. The highest BCUT2D eigenvalue weighted by Crippen LogP contribution is 2.28. The molecule has 6 nitrogen and oxygen atoms in total. The summed E-state index contributed by atoms with van der Waals surface area (Å²) in [5, 5.41) is 12.1. The molecule has 2 N–H and O–H groups in total. The zero-order chi connectivity index (χ0) is 16.9. The van der Waals surface area contributed by atoms with Gasteiger partial charge in [-0.25, -0.2) is 9.78 Å². The SMILES string of the molecule is COc1cccc2nc(N3CCC(CCNC(=O)O)CC3)ccc12. The highest BCUT2D eigenvalue weighted by molar-refractivity contribution is 5.86. The van der Waals surface area contributed by atoms with Gasteiger partial charge in [-0.05, 0) is 49.4 Å². The number of amides is 1. The summed E-state index contributed by atoms with van der Waals surface area (Å²) in [5.74, 6) is 2.42. The molecule has 3 rings (SSSR count). The van der Waals surface area contributed by atoms with Crippen molar-refractivity contribution in [2.24, 2.45) is 5.92 Å². The number of hydrogen-bond acceptors (Lipinski definition) is 4. The molecule has 0 bridgehead atoms. The Labute approximate surface area is 141 Å². The molecule has 2 heterocycles. The van der Waals surface area contributed by atoms with Crippen molar-refractivity contribution in [3.8, 4) is 5.75 Å². The lowest BCUT2D eigenvalue weighted by atomic mass is 9.93. The molecule has 6 heteroatoms. The minimum Gasteiger partial charge on any atom is -0.496 e. The summed E-state index contributed by atoms with van der Waals surface area (Å²) in [4.78, 5) is 17.6. The van der Waals surface area contributed by atoms with Crippen molar-refractivity contribution < 1.29 is 14.6 Å². The van der Waals surface area contributed by atoms with Crippen LogP contribution in [0.2, 0.25) is 0 Å². The monoisotopic (exact) mass is 329 g/mol. The number of fused-ring (bicyclic) bond motifs is 1. The van der Waals surface area contributed by atoms with Crippen LogP contribution >= 0.6 is 0 Å². The van der Waals surface area contributed by atoms with Gasteiger partial charge in [0.1, 0.15) is 11.6 Å². The molecule has 1 saturated heterocycles. The normalized spacial score (nSPS) is 15.5. The molecule has 1 amide bonds. The van der Waals surface area contributed by atoms with E-state index in [0.717, 1.165) is 54.8 Å². The van der Waals surface area contributed by atoms with Gasteiger partial charge in [-0.3, -0.25) is 0 Å². The summed E-state index contributed by atoms with van der Waals surface area (Å²) in [6.07, 6.45) is 2.10. The van der Waals surface area contributed by atoms with Gasteiger partial charge in [0.25, 0.3) is 0 Å². The average Bonchev–Trinajstić information content (AvgIpc) is 2.61. The number of ether oxygens (including phenoxy) is 1. The number of carboxylic acid groups (broad SMARTS) is 1. The Bertz CT molecular complexity index is 712. The number of piperidine rings is 1. The van der Waals surface area contributed by atoms with Crippen LogP contribution in [0.15, 0.2) is 30.3 Å². The number of methoxy groups -OCH3 is 1. The van der Waals surface area contributed by atoms with E-state index in [1.165, 1.54) is 0 Å². The van der Waals surface area contributed by atoms with Crippen molar-refractivity contribution in [3.63, 3.8) is 0 Å². The molecule has 0 saturated carbocycles. The summed E-state index contributed by atoms with van der Waals surface area (Å²) in [6.45, 7) is 2.45. The van der Waals surface area contributed by atoms with E-state index in [0.29, 0.717) is 12.5 Å². The molecule has 1 aliphatic heterocycles. The van der Waals surface area contributed by atoms with Gasteiger partial charge in [0.05, 0.1) is 12.6 Å². The third-order valence-electron chi connectivity index (χ3n) is 4.66. The van der Waals surface area contributed by atoms with Crippen LogP contribution in [0.4, 0.5) is 10.6 Å². The molecule has 0 spiro atoms. The quantitative estimate of drug-likeness (QED) is 0.881. The summed E-state index contributed by atoms with van der Waals surface area (Å²) < 4.78 is 5.38. The van der Waals surface area contributed by atoms with Crippen LogP contribution < -0.4 is 15.0 Å². The Balaban J connectivity index is 1.62. The van der Waals surface area contributed by atoms with E-state index in [2.05, 4.69) is 22.3 Å². The second-order valence-electron chi connectivity index (χ2n) is 6.15. The molecule has 2 aromatic rings. The number of anilines is 1. The number of nitrogens with zero attached hydrogens (tertiary/aromatic N) is 2. The van der Waals surface area contributed by atoms with Crippen LogP contribution in [0.3, 0.4) is 0 Å². The fraction of sp³-hybridized carbons (Fsp3) is 0.444. The zero-order valence-electron chi connectivity index (χ0n) is 13.9. The molecular formula is C18H23N3O3. The lowest BCUT2D eigenvalue weighted by Gasteiger charge is -2.33. The predicted octanol–water partition coefficient (Wildman–Crippen LogP) is 3.12. The Hall–Kier alpha value is -2.50. The Morgan fingerprint density at radius 3 is 2.83 bits per heavy atom. The van der Waals surface area contributed by atoms with E-state index in [4.69, 9.17) is 14.8 Å². The van der Waals surface area contributed by atoms with Crippen molar-refractivity contribution in [1.29, 1.82) is 0 Å². The van der Waals surface area contributed by atoms with E-state index in [1.54, 1.807) is 7.11 Å². The predicted molar refractivity (Wildman–Crippen MR) is 93.9 cm³/mol. The lowest BCUT2D eigenvalue weighted by Crippen LogP contribution is -2.35. The molecule has 24 heavy (non-hydrogen) atoms. The molecule has 1 aromatic carbocycles. The van der Waals surface area contributed by atoms with Crippen molar-refractivity contribution in [2.75, 3.05) is 31.6 Å². The number of carbonyl (C=O) groups is 1. The highest BCUT2D eigenvalue weighted by Gasteiger charge is 2.20. The summed E-state index contributed by atoms with van der Waals surface area (Å²) in [6, 6.07) is 10.0. The molecule has 0 atom stereocenters. The maximum Gasteiger partial charge on any atom is 0.404 e. The first-order valence-corrected chi connectivity index (χ1v) is 8.33. The summed E-state index contributed by atoms with van der Waals surface area (Å²) in [7, 11) is 1.67. The number of hydrogen-bond donors (Lipinski definition) is 2.